The topological polar surface area (TPSA) is 50.4 Å². The van der Waals surface area contributed by atoms with Crippen molar-refractivity contribution in [3.05, 3.63) is 29.8 Å². The highest BCUT2D eigenvalue weighted by molar-refractivity contribution is 5.85. The van der Waals surface area contributed by atoms with Crippen molar-refractivity contribution in [1.29, 1.82) is 0 Å². The molecule has 0 aliphatic carbocycles. The van der Waals surface area contributed by atoms with Crippen molar-refractivity contribution in [3.63, 3.8) is 0 Å². The van der Waals surface area contributed by atoms with Gasteiger partial charge in [-0.25, -0.2) is 5.48 Å². The van der Waals surface area contributed by atoms with Gasteiger partial charge >= 0.3 is 0 Å². The summed E-state index contributed by atoms with van der Waals surface area (Å²) in [7, 11) is 1.45. The second-order valence-corrected chi connectivity index (χ2v) is 3.53. The maximum absolute atomic E-state index is 11.7. The van der Waals surface area contributed by atoms with E-state index in [1.54, 1.807) is 0 Å². The van der Waals surface area contributed by atoms with Crippen molar-refractivity contribution in [2.24, 2.45) is 0 Å². The van der Waals surface area contributed by atoms with Crippen LogP contribution in [0.1, 0.15) is 17.9 Å². The highest BCUT2D eigenvalue weighted by Crippen LogP contribution is 2.31. The van der Waals surface area contributed by atoms with E-state index in [0.717, 1.165) is 24.2 Å². The fourth-order valence-corrected chi connectivity index (χ4v) is 1.91. The number of carbonyl (C=O) groups excluding carboxylic acids is 1. The molecule has 1 atom stereocenters. The van der Waals surface area contributed by atoms with E-state index in [9.17, 15) is 4.79 Å². The standard InChI is InChI=1S/C11H14N2O2/c1-15-13-11(14)9-6-7-12-10-5-3-2-4-8(9)10/h2-5,9,12H,6-7H2,1H3,(H,13,14). The Morgan fingerprint density at radius 1 is 1.53 bits per heavy atom. The smallest absolute Gasteiger partial charge is 0.251 e. The average molecular weight is 206 g/mol. The normalized spacial score (nSPS) is 18.9. The van der Waals surface area contributed by atoms with Crippen LogP contribution in [0, 0.1) is 0 Å². The van der Waals surface area contributed by atoms with Crippen molar-refractivity contribution in [2.75, 3.05) is 19.0 Å². The molecule has 0 spiro atoms. The molecule has 80 valence electrons. The van der Waals surface area contributed by atoms with Gasteiger partial charge in [0.15, 0.2) is 0 Å². The Balaban J connectivity index is 2.25. The van der Waals surface area contributed by atoms with Gasteiger partial charge in [-0.3, -0.25) is 9.63 Å². The number of carbonyl (C=O) groups is 1. The maximum atomic E-state index is 11.7. The minimum atomic E-state index is -0.109. The molecule has 0 saturated carbocycles. The molecule has 0 fully saturated rings. The van der Waals surface area contributed by atoms with Crippen LogP contribution in [0.15, 0.2) is 24.3 Å². The monoisotopic (exact) mass is 206 g/mol. The molecule has 4 nitrogen and oxygen atoms in total. The van der Waals surface area contributed by atoms with Gasteiger partial charge in [-0.05, 0) is 18.1 Å². The Morgan fingerprint density at radius 3 is 3.13 bits per heavy atom. The van der Waals surface area contributed by atoms with E-state index in [0.29, 0.717) is 0 Å². The van der Waals surface area contributed by atoms with E-state index >= 15 is 0 Å². The SMILES string of the molecule is CONC(=O)C1CCNc2ccccc21. The third kappa shape index (κ3) is 1.94. The molecule has 1 aromatic rings. The summed E-state index contributed by atoms with van der Waals surface area (Å²) in [4.78, 5) is 16.3. The number of anilines is 1. The number of para-hydroxylation sites is 1. The van der Waals surface area contributed by atoms with Gasteiger partial charge in [-0.2, -0.15) is 0 Å². The molecular formula is C11H14N2O2. The molecule has 2 N–H and O–H groups in total. The second-order valence-electron chi connectivity index (χ2n) is 3.53. The summed E-state index contributed by atoms with van der Waals surface area (Å²) in [6.07, 6.45) is 0.798. The van der Waals surface area contributed by atoms with Crippen LogP contribution in [-0.4, -0.2) is 19.6 Å². The predicted octanol–water partition coefficient (Wildman–Crippen LogP) is 1.26. The highest BCUT2D eigenvalue weighted by atomic mass is 16.6. The highest BCUT2D eigenvalue weighted by Gasteiger charge is 2.25. The number of hydroxylamine groups is 1. The first-order chi connectivity index (χ1) is 7.33. The summed E-state index contributed by atoms with van der Waals surface area (Å²) in [5.41, 5.74) is 4.47. The number of rotatable bonds is 2. The van der Waals surface area contributed by atoms with Crippen LogP contribution in [0.5, 0.6) is 0 Å². The molecular weight excluding hydrogens is 192 g/mol. The average Bonchev–Trinajstić information content (AvgIpc) is 2.28. The van der Waals surface area contributed by atoms with E-state index in [1.807, 2.05) is 24.3 Å². The largest absolute Gasteiger partial charge is 0.385 e. The Morgan fingerprint density at radius 2 is 2.33 bits per heavy atom. The quantitative estimate of drug-likeness (QED) is 0.716. The maximum Gasteiger partial charge on any atom is 0.251 e. The van der Waals surface area contributed by atoms with E-state index in [2.05, 4.69) is 15.6 Å². The first-order valence-corrected chi connectivity index (χ1v) is 4.98. The molecule has 15 heavy (non-hydrogen) atoms. The molecule has 0 aromatic heterocycles. The molecule has 2 rings (SSSR count). The van der Waals surface area contributed by atoms with Gasteiger partial charge < -0.3 is 5.32 Å². The third-order valence-corrected chi connectivity index (χ3v) is 2.60. The van der Waals surface area contributed by atoms with E-state index < -0.39 is 0 Å². The molecule has 0 radical (unpaired) electrons. The fraction of sp³-hybridized carbons (Fsp3) is 0.364. The number of hydrogen-bond donors (Lipinski definition) is 2. The summed E-state index contributed by atoms with van der Waals surface area (Å²) in [5.74, 6) is -0.186. The molecule has 0 saturated heterocycles. The number of nitrogens with one attached hydrogen (secondary N) is 2. The van der Waals surface area contributed by atoms with Crippen molar-refractivity contribution < 1.29 is 9.63 Å². The summed E-state index contributed by atoms with van der Waals surface area (Å²) >= 11 is 0. The van der Waals surface area contributed by atoms with Crippen LogP contribution in [-0.2, 0) is 9.63 Å². The van der Waals surface area contributed by atoms with Crippen molar-refractivity contribution in [1.82, 2.24) is 5.48 Å². The van der Waals surface area contributed by atoms with Crippen LogP contribution in [0.25, 0.3) is 0 Å². The molecule has 0 bridgehead atoms. The zero-order chi connectivity index (χ0) is 10.7. The second kappa shape index (κ2) is 4.31. The molecule has 1 aliphatic heterocycles. The van der Waals surface area contributed by atoms with E-state index in [4.69, 9.17) is 0 Å². The van der Waals surface area contributed by atoms with Gasteiger partial charge in [0, 0.05) is 12.2 Å². The van der Waals surface area contributed by atoms with Crippen LogP contribution in [0.2, 0.25) is 0 Å². The summed E-state index contributed by atoms with van der Waals surface area (Å²) in [6, 6.07) is 7.87. The van der Waals surface area contributed by atoms with Gasteiger partial charge in [-0.1, -0.05) is 18.2 Å². The molecule has 1 amide bonds. The van der Waals surface area contributed by atoms with E-state index in [1.165, 1.54) is 7.11 Å². The van der Waals surface area contributed by atoms with Gasteiger partial charge in [0.05, 0.1) is 13.0 Å². The number of benzene rings is 1. The molecule has 1 unspecified atom stereocenters. The minimum absolute atomic E-state index is 0.0774. The van der Waals surface area contributed by atoms with Gasteiger partial charge in [-0.15, -0.1) is 0 Å². The lowest BCUT2D eigenvalue weighted by molar-refractivity contribution is -0.133. The molecule has 1 aromatic carbocycles. The minimum Gasteiger partial charge on any atom is -0.385 e. The van der Waals surface area contributed by atoms with Gasteiger partial charge in [0.25, 0.3) is 5.91 Å². The lowest BCUT2D eigenvalue weighted by Crippen LogP contribution is -2.32. The number of hydrogen-bond acceptors (Lipinski definition) is 3. The fourth-order valence-electron chi connectivity index (χ4n) is 1.91. The Bertz CT molecular complexity index is 365. The first kappa shape index (κ1) is 9.98. The summed E-state index contributed by atoms with van der Waals surface area (Å²) in [5, 5.41) is 3.27. The van der Waals surface area contributed by atoms with Crippen molar-refractivity contribution >= 4 is 11.6 Å². The summed E-state index contributed by atoms with van der Waals surface area (Å²) in [6.45, 7) is 0.818. The lowest BCUT2D eigenvalue weighted by Gasteiger charge is -2.25. The Kier molecular flexibility index (Phi) is 2.87. The van der Waals surface area contributed by atoms with Crippen LogP contribution in [0.3, 0.4) is 0 Å². The zero-order valence-corrected chi connectivity index (χ0v) is 8.62. The van der Waals surface area contributed by atoms with Crippen LogP contribution < -0.4 is 10.8 Å². The van der Waals surface area contributed by atoms with Gasteiger partial charge in [0.2, 0.25) is 0 Å². The Hall–Kier alpha value is -1.55. The predicted molar refractivity (Wildman–Crippen MR) is 57.4 cm³/mol. The zero-order valence-electron chi connectivity index (χ0n) is 8.62. The first-order valence-electron chi connectivity index (χ1n) is 4.98. The van der Waals surface area contributed by atoms with Gasteiger partial charge in [0.1, 0.15) is 0 Å². The van der Waals surface area contributed by atoms with Crippen LogP contribution in [0.4, 0.5) is 5.69 Å². The molecule has 1 heterocycles. The summed E-state index contributed by atoms with van der Waals surface area (Å²) < 4.78 is 0. The number of fused-ring (bicyclic) bond motifs is 1. The molecule has 4 heteroatoms. The number of amides is 1. The van der Waals surface area contributed by atoms with E-state index in [-0.39, 0.29) is 11.8 Å². The van der Waals surface area contributed by atoms with Crippen molar-refractivity contribution in [2.45, 2.75) is 12.3 Å². The Labute approximate surface area is 88.6 Å². The third-order valence-electron chi connectivity index (χ3n) is 2.60. The van der Waals surface area contributed by atoms with Crippen molar-refractivity contribution in [3.8, 4) is 0 Å². The van der Waals surface area contributed by atoms with Crippen LogP contribution >= 0.6 is 0 Å². The lowest BCUT2D eigenvalue weighted by atomic mass is 9.90. The molecule has 1 aliphatic rings.